The molecule has 5 nitrogen and oxygen atoms in total. The zero-order chi connectivity index (χ0) is 9.83. The number of tetrazole rings is 1. The van der Waals surface area contributed by atoms with E-state index in [1.165, 1.54) is 11.1 Å². The summed E-state index contributed by atoms with van der Waals surface area (Å²) in [4.78, 5) is 0. The van der Waals surface area contributed by atoms with Crippen LogP contribution in [0, 0.1) is 0 Å². The molecule has 15 heavy (non-hydrogen) atoms. The number of hydrogen-bond donors (Lipinski definition) is 0. The van der Waals surface area contributed by atoms with Crippen molar-refractivity contribution in [2.24, 2.45) is 0 Å². The zero-order valence-corrected chi connectivity index (χ0v) is 7.92. The number of nitrogens with zero attached hydrogens (tertiary/aromatic N) is 4. The monoisotopic (exact) mass is 200 g/mol. The molecule has 1 atom stereocenters. The van der Waals surface area contributed by atoms with E-state index in [4.69, 9.17) is 4.74 Å². The largest absolute Gasteiger partial charge is 0.368 e. The topological polar surface area (TPSA) is 56.1 Å². The lowest BCUT2D eigenvalue weighted by Gasteiger charge is -2.00. The van der Waals surface area contributed by atoms with Gasteiger partial charge in [0.25, 0.3) is 0 Å². The average Bonchev–Trinajstić information content (AvgIpc) is 2.90. The van der Waals surface area contributed by atoms with Gasteiger partial charge < -0.3 is 4.74 Å². The first-order valence-corrected chi connectivity index (χ1v) is 4.93. The lowest BCUT2D eigenvalue weighted by atomic mass is 10.0. The number of epoxide rings is 1. The second kappa shape index (κ2) is 2.43. The van der Waals surface area contributed by atoms with Crippen molar-refractivity contribution in [3.63, 3.8) is 0 Å². The molecule has 1 aromatic carbocycles. The third-order valence-electron chi connectivity index (χ3n) is 2.93. The molecule has 4 rings (SSSR count). The van der Waals surface area contributed by atoms with Crippen LogP contribution in [0.1, 0.15) is 17.2 Å². The second-order valence-electron chi connectivity index (χ2n) is 3.90. The van der Waals surface area contributed by atoms with Crippen LogP contribution in [0.15, 0.2) is 18.2 Å². The SMILES string of the molecule is c1cc2c(cc1[C@H]1CO1)Cn1nnnc1-2. The van der Waals surface area contributed by atoms with Crippen molar-refractivity contribution in [1.82, 2.24) is 20.2 Å². The van der Waals surface area contributed by atoms with Crippen molar-refractivity contribution in [1.29, 1.82) is 0 Å². The summed E-state index contributed by atoms with van der Waals surface area (Å²) < 4.78 is 7.08. The number of ether oxygens (including phenoxy) is 1. The summed E-state index contributed by atoms with van der Waals surface area (Å²) >= 11 is 0. The van der Waals surface area contributed by atoms with Crippen LogP contribution in [0.5, 0.6) is 0 Å². The van der Waals surface area contributed by atoms with Crippen molar-refractivity contribution in [2.75, 3.05) is 6.61 Å². The Morgan fingerprint density at radius 2 is 2.33 bits per heavy atom. The number of hydrogen-bond acceptors (Lipinski definition) is 4. The van der Waals surface area contributed by atoms with Gasteiger partial charge in [-0.25, -0.2) is 4.68 Å². The van der Waals surface area contributed by atoms with E-state index in [-0.39, 0.29) is 0 Å². The molecule has 1 aromatic heterocycles. The van der Waals surface area contributed by atoms with Crippen molar-refractivity contribution < 1.29 is 4.74 Å². The molecular formula is C10H8N4O. The molecule has 1 saturated heterocycles. The van der Waals surface area contributed by atoms with Gasteiger partial charge in [0.2, 0.25) is 0 Å². The molecule has 0 amide bonds. The number of rotatable bonds is 1. The van der Waals surface area contributed by atoms with E-state index < -0.39 is 0 Å². The van der Waals surface area contributed by atoms with Gasteiger partial charge in [0.1, 0.15) is 6.10 Å². The van der Waals surface area contributed by atoms with E-state index in [1.54, 1.807) is 0 Å². The lowest BCUT2D eigenvalue weighted by molar-refractivity contribution is 0.415. The molecule has 2 aliphatic rings. The maximum Gasteiger partial charge on any atom is 0.182 e. The van der Waals surface area contributed by atoms with Gasteiger partial charge in [-0.3, -0.25) is 0 Å². The molecule has 0 bridgehead atoms. The molecule has 2 aromatic rings. The molecule has 0 aliphatic carbocycles. The minimum absolute atomic E-state index is 0.314. The molecule has 2 aliphatic heterocycles. The molecule has 0 N–H and O–H groups in total. The minimum Gasteiger partial charge on any atom is -0.368 e. The molecule has 1 fully saturated rings. The summed E-state index contributed by atoms with van der Waals surface area (Å²) in [5, 5.41) is 11.6. The van der Waals surface area contributed by atoms with Crippen LogP contribution in [0.4, 0.5) is 0 Å². The van der Waals surface area contributed by atoms with Gasteiger partial charge >= 0.3 is 0 Å². The Balaban J connectivity index is 1.88. The predicted molar refractivity (Wildman–Crippen MR) is 51.0 cm³/mol. The average molecular weight is 200 g/mol. The van der Waals surface area contributed by atoms with Crippen LogP contribution in [0.2, 0.25) is 0 Å². The quantitative estimate of drug-likeness (QED) is 0.544. The summed E-state index contributed by atoms with van der Waals surface area (Å²) in [5.41, 5.74) is 3.66. The summed E-state index contributed by atoms with van der Waals surface area (Å²) in [6.45, 7) is 1.63. The zero-order valence-electron chi connectivity index (χ0n) is 7.92. The van der Waals surface area contributed by atoms with Crippen molar-refractivity contribution >= 4 is 0 Å². The van der Waals surface area contributed by atoms with E-state index in [0.29, 0.717) is 6.10 Å². The first kappa shape index (κ1) is 7.53. The smallest absolute Gasteiger partial charge is 0.182 e. The Morgan fingerprint density at radius 3 is 3.20 bits per heavy atom. The van der Waals surface area contributed by atoms with Crippen LogP contribution in [0.25, 0.3) is 11.4 Å². The Morgan fingerprint density at radius 1 is 1.40 bits per heavy atom. The van der Waals surface area contributed by atoms with E-state index in [2.05, 4.69) is 33.7 Å². The fourth-order valence-electron chi connectivity index (χ4n) is 2.07. The summed E-state index contributed by atoms with van der Waals surface area (Å²) in [6, 6.07) is 6.37. The van der Waals surface area contributed by atoms with E-state index in [0.717, 1.165) is 24.5 Å². The van der Waals surface area contributed by atoms with E-state index in [1.807, 2.05) is 4.68 Å². The minimum atomic E-state index is 0.314. The molecular weight excluding hydrogens is 192 g/mol. The standard InChI is InChI=1S/C10H8N4O/c1-2-8-7(3-6(1)9-5-15-9)4-14-10(8)11-12-13-14/h1-3,9H,4-5H2/t9-/m1/s1. The number of benzene rings is 1. The van der Waals surface area contributed by atoms with E-state index >= 15 is 0 Å². The molecule has 5 heteroatoms. The van der Waals surface area contributed by atoms with E-state index in [9.17, 15) is 0 Å². The first-order valence-electron chi connectivity index (χ1n) is 4.93. The summed E-state index contributed by atoms with van der Waals surface area (Å²) in [7, 11) is 0. The predicted octanol–water partition coefficient (Wildman–Crippen LogP) is 0.773. The van der Waals surface area contributed by atoms with Gasteiger partial charge in [-0.2, -0.15) is 0 Å². The normalized spacial score (nSPS) is 21.2. The summed E-state index contributed by atoms with van der Waals surface area (Å²) in [5.74, 6) is 0.869. The molecule has 0 saturated carbocycles. The Bertz CT molecular complexity index is 544. The van der Waals surface area contributed by atoms with Crippen LogP contribution in [-0.4, -0.2) is 26.8 Å². The Hall–Kier alpha value is -1.75. The highest BCUT2D eigenvalue weighted by atomic mass is 16.6. The van der Waals surface area contributed by atoms with Gasteiger partial charge in [0, 0.05) is 5.56 Å². The van der Waals surface area contributed by atoms with Gasteiger partial charge in [0.15, 0.2) is 5.82 Å². The van der Waals surface area contributed by atoms with Gasteiger partial charge in [-0.1, -0.05) is 18.2 Å². The second-order valence-corrected chi connectivity index (χ2v) is 3.90. The molecule has 3 heterocycles. The number of fused-ring (bicyclic) bond motifs is 3. The fourth-order valence-corrected chi connectivity index (χ4v) is 2.07. The Labute approximate surface area is 85.7 Å². The molecule has 0 unspecified atom stereocenters. The van der Waals surface area contributed by atoms with Crippen LogP contribution in [-0.2, 0) is 11.3 Å². The lowest BCUT2D eigenvalue weighted by Crippen LogP contribution is -1.95. The van der Waals surface area contributed by atoms with Crippen molar-refractivity contribution in [3.8, 4) is 11.4 Å². The molecule has 0 spiro atoms. The van der Waals surface area contributed by atoms with Crippen molar-refractivity contribution in [3.05, 3.63) is 29.3 Å². The first-order chi connectivity index (χ1) is 7.42. The van der Waals surface area contributed by atoms with Crippen LogP contribution in [0.3, 0.4) is 0 Å². The number of aromatic nitrogens is 4. The fraction of sp³-hybridized carbons (Fsp3) is 0.300. The highest BCUT2D eigenvalue weighted by Crippen LogP contribution is 2.35. The summed E-state index contributed by atoms with van der Waals surface area (Å²) in [6.07, 6.45) is 0.314. The maximum atomic E-state index is 5.26. The van der Waals surface area contributed by atoms with Crippen LogP contribution < -0.4 is 0 Å². The third-order valence-corrected chi connectivity index (χ3v) is 2.93. The van der Waals surface area contributed by atoms with Crippen molar-refractivity contribution in [2.45, 2.75) is 12.6 Å². The van der Waals surface area contributed by atoms with Gasteiger partial charge in [-0.15, -0.1) is 5.10 Å². The third kappa shape index (κ3) is 0.979. The van der Waals surface area contributed by atoms with Gasteiger partial charge in [0.05, 0.1) is 13.2 Å². The molecule has 0 radical (unpaired) electrons. The molecule has 74 valence electrons. The maximum absolute atomic E-state index is 5.26. The van der Waals surface area contributed by atoms with Crippen LogP contribution >= 0.6 is 0 Å². The Kier molecular flexibility index (Phi) is 1.22. The highest BCUT2D eigenvalue weighted by molar-refractivity contribution is 5.64. The highest BCUT2D eigenvalue weighted by Gasteiger charge is 2.28. The van der Waals surface area contributed by atoms with Gasteiger partial charge in [-0.05, 0) is 21.6 Å².